The lowest BCUT2D eigenvalue weighted by Crippen LogP contribution is -2.06. The number of rotatable bonds is 9. The number of ether oxygens (including phenoxy) is 2. The zero-order valence-corrected chi connectivity index (χ0v) is 16.2. The van der Waals surface area contributed by atoms with Crippen molar-refractivity contribution in [3.8, 4) is 5.75 Å². The van der Waals surface area contributed by atoms with Crippen molar-refractivity contribution in [3.63, 3.8) is 0 Å². The van der Waals surface area contributed by atoms with Crippen LogP contribution in [0, 0.1) is 0 Å². The van der Waals surface area contributed by atoms with E-state index in [1.54, 1.807) is 11.8 Å². The molecule has 1 heterocycles. The first-order chi connectivity index (χ1) is 13.2. The standard InChI is InChI=1S/C22H23NO3S/c1-2-25-22(24)8-5-15-26-19-11-13-20(14-12-19)27-16-18-10-9-17-6-3-4-7-21(17)23-18/h3-4,6-7,9-14H,2,5,8,15-16H2,1H3. The molecule has 0 fully saturated rings. The largest absolute Gasteiger partial charge is 0.494 e. The van der Waals surface area contributed by atoms with Gasteiger partial charge in [0, 0.05) is 22.5 Å². The lowest BCUT2D eigenvalue weighted by atomic mass is 10.2. The first-order valence-electron chi connectivity index (χ1n) is 9.10. The minimum absolute atomic E-state index is 0.171. The van der Waals surface area contributed by atoms with Crippen LogP contribution in [0.3, 0.4) is 0 Å². The fourth-order valence-corrected chi connectivity index (χ4v) is 3.42. The third-order valence-corrected chi connectivity index (χ3v) is 5.01. The van der Waals surface area contributed by atoms with E-state index in [0.29, 0.717) is 26.1 Å². The molecule has 5 heteroatoms. The zero-order chi connectivity index (χ0) is 18.9. The van der Waals surface area contributed by atoms with E-state index in [9.17, 15) is 4.79 Å². The van der Waals surface area contributed by atoms with E-state index in [2.05, 4.69) is 18.2 Å². The van der Waals surface area contributed by atoms with Crippen molar-refractivity contribution in [3.05, 3.63) is 66.4 Å². The van der Waals surface area contributed by atoms with Gasteiger partial charge in [-0.2, -0.15) is 0 Å². The van der Waals surface area contributed by atoms with Crippen LogP contribution in [-0.4, -0.2) is 24.2 Å². The van der Waals surface area contributed by atoms with Crippen LogP contribution in [0.1, 0.15) is 25.5 Å². The Morgan fingerprint density at radius 3 is 2.67 bits per heavy atom. The Hall–Kier alpha value is -2.53. The molecule has 4 nitrogen and oxygen atoms in total. The molecule has 0 aliphatic heterocycles. The number of hydrogen-bond donors (Lipinski definition) is 0. The Labute approximate surface area is 163 Å². The minimum atomic E-state index is -0.171. The van der Waals surface area contributed by atoms with Crippen LogP contribution in [0.2, 0.25) is 0 Å². The number of esters is 1. The maximum atomic E-state index is 11.3. The van der Waals surface area contributed by atoms with Crippen molar-refractivity contribution in [2.24, 2.45) is 0 Å². The quantitative estimate of drug-likeness (QED) is 0.288. The third-order valence-electron chi connectivity index (χ3n) is 3.97. The Morgan fingerprint density at radius 2 is 1.85 bits per heavy atom. The first-order valence-corrected chi connectivity index (χ1v) is 10.1. The summed E-state index contributed by atoms with van der Waals surface area (Å²) in [5.74, 6) is 1.46. The molecule has 0 saturated carbocycles. The van der Waals surface area contributed by atoms with Crippen molar-refractivity contribution in [1.29, 1.82) is 0 Å². The summed E-state index contributed by atoms with van der Waals surface area (Å²) >= 11 is 1.75. The summed E-state index contributed by atoms with van der Waals surface area (Å²) < 4.78 is 10.6. The van der Waals surface area contributed by atoms with Gasteiger partial charge in [-0.25, -0.2) is 0 Å². The number of aromatic nitrogens is 1. The van der Waals surface area contributed by atoms with Gasteiger partial charge in [-0.1, -0.05) is 24.3 Å². The Morgan fingerprint density at radius 1 is 1.04 bits per heavy atom. The SMILES string of the molecule is CCOC(=O)CCCOc1ccc(SCc2ccc3ccccc3n2)cc1. The number of hydrogen-bond acceptors (Lipinski definition) is 5. The van der Waals surface area contributed by atoms with E-state index in [1.165, 1.54) is 4.90 Å². The highest BCUT2D eigenvalue weighted by Crippen LogP contribution is 2.25. The van der Waals surface area contributed by atoms with Gasteiger partial charge in [0.15, 0.2) is 0 Å². The second kappa shape index (κ2) is 9.97. The molecule has 0 atom stereocenters. The molecule has 0 spiro atoms. The normalized spacial score (nSPS) is 10.7. The van der Waals surface area contributed by atoms with Gasteiger partial charge in [0.05, 0.1) is 24.4 Å². The van der Waals surface area contributed by atoms with Gasteiger partial charge >= 0.3 is 5.97 Å². The molecular weight excluding hydrogens is 358 g/mol. The smallest absolute Gasteiger partial charge is 0.305 e. The summed E-state index contributed by atoms with van der Waals surface area (Å²) in [5.41, 5.74) is 2.10. The predicted octanol–water partition coefficient (Wildman–Crippen LogP) is 5.25. The fraction of sp³-hybridized carbons (Fsp3) is 0.273. The summed E-state index contributed by atoms with van der Waals surface area (Å²) in [5, 5.41) is 1.16. The third kappa shape index (κ3) is 6.00. The van der Waals surface area contributed by atoms with Crippen molar-refractivity contribution < 1.29 is 14.3 Å². The summed E-state index contributed by atoms with van der Waals surface area (Å²) in [6.07, 6.45) is 1.05. The Bertz CT molecular complexity index is 880. The van der Waals surface area contributed by atoms with E-state index in [1.807, 2.05) is 49.4 Å². The predicted molar refractivity (Wildman–Crippen MR) is 109 cm³/mol. The summed E-state index contributed by atoms with van der Waals surface area (Å²) in [4.78, 5) is 17.1. The van der Waals surface area contributed by atoms with Gasteiger partial charge < -0.3 is 9.47 Å². The van der Waals surface area contributed by atoms with Crippen LogP contribution in [0.5, 0.6) is 5.75 Å². The average molecular weight is 381 g/mol. The molecule has 0 radical (unpaired) electrons. The van der Waals surface area contributed by atoms with Gasteiger partial charge in [-0.15, -0.1) is 11.8 Å². The van der Waals surface area contributed by atoms with Crippen molar-refractivity contribution in [2.45, 2.75) is 30.4 Å². The van der Waals surface area contributed by atoms with Crippen LogP contribution < -0.4 is 4.74 Å². The lowest BCUT2D eigenvalue weighted by molar-refractivity contribution is -0.143. The number of fused-ring (bicyclic) bond motifs is 1. The summed E-state index contributed by atoms with van der Waals surface area (Å²) in [6, 6.07) is 20.4. The number of nitrogens with zero attached hydrogens (tertiary/aromatic N) is 1. The van der Waals surface area contributed by atoms with Gasteiger partial charge in [0.2, 0.25) is 0 Å². The molecular formula is C22H23NO3S. The zero-order valence-electron chi connectivity index (χ0n) is 15.4. The highest BCUT2D eigenvalue weighted by Gasteiger charge is 2.03. The minimum Gasteiger partial charge on any atom is -0.494 e. The number of carbonyl (C=O) groups is 1. The van der Waals surface area contributed by atoms with Crippen molar-refractivity contribution >= 4 is 28.6 Å². The molecule has 1 aromatic heterocycles. The Kier molecular flexibility index (Phi) is 7.11. The van der Waals surface area contributed by atoms with E-state index in [4.69, 9.17) is 14.5 Å². The molecule has 0 unspecified atom stereocenters. The van der Waals surface area contributed by atoms with Crippen LogP contribution in [-0.2, 0) is 15.3 Å². The number of carbonyl (C=O) groups excluding carboxylic acids is 1. The first kappa shape index (κ1) is 19.2. The molecule has 0 aliphatic carbocycles. The van der Waals surface area contributed by atoms with Crippen molar-refractivity contribution in [1.82, 2.24) is 4.98 Å². The number of pyridine rings is 1. The molecule has 0 aliphatic rings. The second-order valence-electron chi connectivity index (χ2n) is 6.01. The van der Waals surface area contributed by atoms with E-state index < -0.39 is 0 Å². The van der Waals surface area contributed by atoms with Gasteiger partial charge in [0.25, 0.3) is 0 Å². The molecule has 3 aromatic rings. The number of para-hydroxylation sites is 1. The maximum absolute atomic E-state index is 11.3. The molecule has 0 bridgehead atoms. The van der Waals surface area contributed by atoms with Crippen LogP contribution in [0.25, 0.3) is 10.9 Å². The van der Waals surface area contributed by atoms with Crippen molar-refractivity contribution in [2.75, 3.05) is 13.2 Å². The fourth-order valence-electron chi connectivity index (χ4n) is 2.62. The maximum Gasteiger partial charge on any atom is 0.305 e. The molecule has 27 heavy (non-hydrogen) atoms. The second-order valence-corrected chi connectivity index (χ2v) is 7.06. The van der Waals surface area contributed by atoms with Crippen LogP contribution in [0.4, 0.5) is 0 Å². The highest BCUT2D eigenvalue weighted by atomic mass is 32.2. The summed E-state index contributed by atoms with van der Waals surface area (Å²) in [7, 11) is 0. The molecule has 0 N–H and O–H groups in total. The molecule has 0 amide bonds. The van der Waals surface area contributed by atoms with Gasteiger partial charge in [0.1, 0.15) is 5.75 Å². The van der Waals surface area contributed by atoms with Gasteiger partial charge in [-0.05, 0) is 49.7 Å². The topological polar surface area (TPSA) is 48.4 Å². The Balaban J connectivity index is 1.45. The highest BCUT2D eigenvalue weighted by molar-refractivity contribution is 7.98. The van der Waals surface area contributed by atoms with Crippen LogP contribution >= 0.6 is 11.8 Å². The monoisotopic (exact) mass is 381 g/mol. The number of thioether (sulfide) groups is 1. The van der Waals surface area contributed by atoms with Gasteiger partial charge in [-0.3, -0.25) is 9.78 Å². The molecule has 140 valence electrons. The van der Waals surface area contributed by atoms with E-state index >= 15 is 0 Å². The number of benzene rings is 2. The van der Waals surface area contributed by atoms with Crippen LogP contribution in [0.15, 0.2) is 65.6 Å². The van der Waals surface area contributed by atoms with E-state index in [0.717, 1.165) is 28.1 Å². The average Bonchev–Trinajstić information content (AvgIpc) is 2.70. The van der Waals surface area contributed by atoms with E-state index in [-0.39, 0.29) is 5.97 Å². The summed E-state index contributed by atoms with van der Waals surface area (Å²) in [6.45, 7) is 2.74. The molecule has 3 rings (SSSR count). The molecule has 0 saturated heterocycles. The molecule has 2 aromatic carbocycles. The lowest BCUT2D eigenvalue weighted by Gasteiger charge is -2.07.